The number of nitrogens with zero attached hydrogens (tertiary/aromatic N) is 4. The number of hydrogen-bond donors (Lipinski definition) is 2. The van der Waals surface area contributed by atoms with Crippen molar-refractivity contribution in [2.45, 2.75) is 57.9 Å². The lowest BCUT2D eigenvalue weighted by Crippen LogP contribution is -2.43. The van der Waals surface area contributed by atoms with Gasteiger partial charge in [-0.1, -0.05) is 13.8 Å². The number of carbonyl (C=O) groups is 1. The molecule has 1 aliphatic rings. The maximum Gasteiger partial charge on any atom is 0.328 e. The maximum absolute atomic E-state index is 13.3. The van der Waals surface area contributed by atoms with E-state index in [-0.39, 0.29) is 23.8 Å². The molecule has 1 fully saturated rings. The number of pyridine rings is 1. The first-order chi connectivity index (χ1) is 16.4. The second-order valence-corrected chi connectivity index (χ2v) is 9.88. The number of carboxylic acid groups (broad SMARTS) is 1. The molecular weight excluding hydrogens is 452 g/mol. The van der Waals surface area contributed by atoms with Crippen LogP contribution in [0.1, 0.15) is 60.9 Å². The number of aliphatic hydroxyl groups is 1. The summed E-state index contributed by atoms with van der Waals surface area (Å²) in [5.74, 6) is -0.298. The summed E-state index contributed by atoms with van der Waals surface area (Å²) in [6, 6.07) is 3.66. The van der Waals surface area contributed by atoms with Gasteiger partial charge in [-0.05, 0) is 55.4 Å². The lowest BCUT2D eigenvalue weighted by Gasteiger charge is -2.36. The number of aryl methyl sites for hydroxylation is 2. The van der Waals surface area contributed by atoms with Gasteiger partial charge in [-0.25, -0.2) is 14.8 Å². The third-order valence-corrected chi connectivity index (χ3v) is 7.13. The zero-order chi connectivity index (χ0) is 24.2. The van der Waals surface area contributed by atoms with Crippen LogP contribution in [-0.2, 0) is 17.6 Å². The highest BCUT2D eigenvalue weighted by molar-refractivity contribution is 7.09. The van der Waals surface area contributed by atoms with Crippen LogP contribution in [0.2, 0.25) is 0 Å². The average Bonchev–Trinajstić information content (AvgIpc) is 3.31. The number of piperidine rings is 1. The predicted octanol–water partition coefficient (Wildman–Crippen LogP) is 3.51. The minimum atomic E-state index is -1.13. The van der Waals surface area contributed by atoms with Crippen LogP contribution in [0.5, 0.6) is 0 Å². The second kappa shape index (κ2) is 10.5. The lowest BCUT2D eigenvalue weighted by atomic mass is 10.0. The highest BCUT2D eigenvalue weighted by atomic mass is 32.1. The van der Waals surface area contributed by atoms with E-state index >= 15 is 0 Å². The summed E-state index contributed by atoms with van der Waals surface area (Å²) in [6.45, 7) is 4.87. The molecule has 34 heavy (non-hydrogen) atoms. The third kappa shape index (κ3) is 5.20. The molecule has 0 aliphatic carbocycles. The fourth-order valence-corrected chi connectivity index (χ4v) is 5.24. The average molecular weight is 483 g/mol. The molecule has 4 rings (SSSR count). The minimum absolute atomic E-state index is 0.0463. The van der Waals surface area contributed by atoms with Gasteiger partial charge in [-0.15, -0.1) is 11.3 Å². The van der Waals surface area contributed by atoms with Gasteiger partial charge in [-0.3, -0.25) is 9.20 Å². The summed E-state index contributed by atoms with van der Waals surface area (Å²) in [7, 11) is 0. The van der Waals surface area contributed by atoms with Gasteiger partial charge >= 0.3 is 5.97 Å². The monoisotopic (exact) mass is 482 g/mol. The molecule has 1 unspecified atom stereocenters. The van der Waals surface area contributed by atoms with Crippen LogP contribution >= 0.6 is 11.3 Å². The van der Waals surface area contributed by atoms with E-state index in [9.17, 15) is 14.7 Å². The number of fused-ring (bicyclic) bond motifs is 1. The fraction of sp³-hybridized carbons (Fsp3) is 0.440. The van der Waals surface area contributed by atoms with Crippen molar-refractivity contribution in [1.82, 2.24) is 14.4 Å². The smallest absolute Gasteiger partial charge is 0.328 e. The van der Waals surface area contributed by atoms with E-state index in [1.807, 2.05) is 17.0 Å². The zero-order valence-corrected chi connectivity index (χ0v) is 20.3. The topological polar surface area (TPSA) is 108 Å². The van der Waals surface area contributed by atoms with Gasteiger partial charge < -0.3 is 15.1 Å². The molecule has 0 bridgehead atoms. The summed E-state index contributed by atoms with van der Waals surface area (Å²) in [4.78, 5) is 35.9. The zero-order valence-electron chi connectivity index (χ0n) is 19.5. The highest BCUT2D eigenvalue weighted by Crippen LogP contribution is 2.26. The van der Waals surface area contributed by atoms with Gasteiger partial charge in [0, 0.05) is 30.6 Å². The summed E-state index contributed by atoms with van der Waals surface area (Å²) in [6.07, 6.45) is 8.26. The van der Waals surface area contributed by atoms with Crippen molar-refractivity contribution in [2.24, 2.45) is 0 Å². The molecule has 4 heterocycles. The number of anilines is 1. The van der Waals surface area contributed by atoms with Crippen molar-refractivity contribution in [1.29, 1.82) is 0 Å². The molecule has 0 radical (unpaired) electrons. The van der Waals surface area contributed by atoms with Gasteiger partial charge in [0.2, 0.25) is 0 Å². The standard InChI is InChI=1S/C25H30N4O4S/c1-16(2)20-15-34-22(26-20)8-6-17-10-12-29-21(13-17)27-24(19(25(29)33)7-9-23(31)32)28-11-4-3-5-18(28)14-30/h7,9-10,12-13,15-16,18,30H,3-6,8,11,14H2,1-2H3,(H,31,32)/b9-7+. The lowest BCUT2D eigenvalue weighted by molar-refractivity contribution is -0.131. The fourth-order valence-electron chi connectivity index (χ4n) is 4.28. The van der Waals surface area contributed by atoms with Crippen LogP contribution in [0.4, 0.5) is 5.82 Å². The SMILES string of the molecule is CC(C)c1csc(CCc2ccn3c(=O)c(/C=C/C(=O)O)c(N4CCCCC4CO)nc3c2)n1. The molecule has 3 aromatic rings. The molecule has 1 aliphatic heterocycles. The van der Waals surface area contributed by atoms with Gasteiger partial charge in [0.05, 0.1) is 28.9 Å². The molecule has 1 saturated heterocycles. The van der Waals surface area contributed by atoms with E-state index in [2.05, 4.69) is 19.2 Å². The van der Waals surface area contributed by atoms with E-state index < -0.39 is 5.97 Å². The van der Waals surface area contributed by atoms with Crippen molar-refractivity contribution in [2.75, 3.05) is 18.1 Å². The molecule has 180 valence electrons. The van der Waals surface area contributed by atoms with E-state index in [0.717, 1.165) is 54.4 Å². The Morgan fingerprint density at radius 3 is 2.82 bits per heavy atom. The number of aliphatic carboxylic acids is 1. The quantitative estimate of drug-likeness (QED) is 0.473. The number of hydrogen-bond acceptors (Lipinski definition) is 7. The Kier molecular flexibility index (Phi) is 7.43. The Balaban J connectivity index is 1.71. The number of thiazole rings is 1. The molecular formula is C25H30N4O4S. The van der Waals surface area contributed by atoms with Crippen LogP contribution in [0.25, 0.3) is 11.7 Å². The highest BCUT2D eigenvalue weighted by Gasteiger charge is 2.26. The van der Waals surface area contributed by atoms with Gasteiger partial charge in [-0.2, -0.15) is 0 Å². The number of rotatable bonds is 8. The van der Waals surface area contributed by atoms with Crippen LogP contribution in [0, 0.1) is 0 Å². The first-order valence-electron chi connectivity index (χ1n) is 11.7. The van der Waals surface area contributed by atoms with Crippen molar-refractivity contribution in [3.8, 4) is 0 Å². The Morgan fingerprint density at radius 2 is 2.12 bits per heavy atom. The van der Waals surface area contributed by atoms with Crippen molar-refractivity contribution in [3.63, 3.8) is 0 Å². The molecule has 3 aromatic heterocycles. The van der Waals surface area contributed by atoms with Crippen LogP contribution < -0.4 is 10.5 Å². The normalized spacial score (nSPS) is 16.7. The Morgan fingerprint density at radius 1 is 1.29 bits per heavy atom. The second-order valence-electron chi connectivity index (χ2n) is 8.94. The van der Waals surface area contributed by atoms with Crippen LogP contribution in [-0.4, -0.2) is 49.7 Å². The molecule has 1 atom stereocenters. The molecule has 0 saturated carbocycles. The third-order valence-electron chi connectivity index (χ3n) is 6.20. The molecule has 9 heteroatoms. The van der Waals surface area contributed by atoms with E-state index in [1.54, 1.807) is 17.5 Å². The van der Waals surface area contributed by atoms with E-state index in [1.165, 1.54) is 10.5 Å². The maximum atomic E-state index is 13.3. The first kappa shape index (κ1) is 24.1. The van der Waals surface area contributed by atoms with Gasteiger partial charge in [0.15, 0.2) is 0 Å². The van der Waals surface area contributed by atoms with Crippen LogP contribution in [0.3, 0.4) is 0 Å². The van der Waals surface area contributed by atoms with Crippen LogP contribution in [0.15, 0.2) is 34.6 Å². The largest absolute Gasteiger partial charge is 0.478 e. The predicted molar refractivity (Wildman–Crippen MR) is 134 cm³/mol. The number of aromatic nitrogens is 3. The molecule has 8 nitrogen and oxygen atoms in total. The van der Waals surface area contributed by atoms with E-state index in [4.69, 9.17) is 15.1 Å². The van der Waals surface area contributed by atoms with Gasteiger partial charge in [0.1, 0.15) is 11.5 Å². The molecule has 0 amide bonds. The summed E-state index contributed by atoms with van der Waals surface area (Å²) >= 11 is 1.67. The Hall–Kier alpha value is -3.04. The first-order valence-corrected chi connectivity index (χ1v) is 12.5. The Bertz CT molecular complexity index is 1260. The minimum Gasteiger partial charge on any atom is -0.478 e. The van der Waals surface area contributed by atoms with Crippen molar-refractivity contribution in [3.05, 3.63) is 62.0 Å². The van der Waals surface area contributed by atoms with Gasteiger partial charge in [0.25, 0.3) is 5.56 Å². The Labute approximate surface area is 202 Å². The number of carboxylic acids is 1. The number of aliphatic hydroxyl groups excluding tert-OH is 1. The van der Waals surface area contributed by atoms with E-state index in [0.29, 0.717) is 23.9 Å². The summed E-state index contributed by atoms with van der Waals surface area (Å²) in [5.41, 5.74) is 2.56. The summed E-state index contributed by atoms with van der Waals surface area (Å²) < 4.78 is 1.45. The summed E-state index contributed by atoms with van der Waals surface area (Å²) in [5, 5.41) is 22.2. The molecule has 0 aromatic carbocycles. The molecule has 0 spiro atoms. The van der Waals surface area contributed by atoms with Crippen molar-refractivity contribution < 1.29 is 15.0 Å². The van der Waals surface area contributed by atoms with Crippen molar-refractivity contribution >= 4 is 34.8 Å². The molecule has 2 N–H and O–H groups in total.